The van der Waals surface area contributed by atoms with Gasteiger partial charge in [0.25, 0.3) is 0 Å². The van der Waals surface area contributed by atoms with Gasteiger partial charge in [0.2, 0.25) is 5.95 Å². The van der Waals surface area contributed by atoms with Gasteiger partial charge in [-0.3, -0.25) is 4.57 Å². The number of fused-ring (bicyclic) bond motifs is 1. The molecule has 9 heteroatoms. The minimum absolute atomic E-state index is 0.116. The van der Waals surface area contributed by atoms with Crippen molar-refractivity contribution in [2.24, 2.45) is 0 Å². The molecule has 20 heavy (non-hydrogen) atoms. The molecule has 0 saturated carbocycles. The van der Waals surface area contributed by atoms with E-state index in [2.05, 4.69) is 15.0 Å². The van der Waals surface area contributed by atoms with Crippen molar-refractivity contribution in [3.8, 4) is 0 Å². The molecule has 0 bridgehead atoms. The Balaban J connectivity index is 2.03. The molecule has 108 valence electrons. The molecule has 0 radical (unpaired) electrons. The highest BCUT2D eigenvalue weighted by molar-refractivity contribution is 5.70. The Labute approximate surface area is 114 Å². The van der Waals surface area contributed by atoms with Crippen molar-refractivity contribution in [2.45, 2.75) is 24.5 Å². The molecular formula is C11H15N5O4. The number of methoxy groups -OCH3 is 1. The number of hydrogen-bond acceptors (Lipinski definition) is 8. The molecule has 4 N–H and O–H groups in total. The van der Waals surface area contributed by atoms with Gasteiger partial charge >= 0.3 is 0 Å². The van der Waals surface area contributed by atoms with Gasteiger partial charge in [-0.05, 0) is 0 Å². The van der Waals surface area contributed by atoms with E-state index in [9.17, 15) is 10.2 Å². The van der Waals surface area contributed by atoms with Gasteiger partial charge in [0, 0.05) is 7.11 Å². The van der Waals surface area contributed by atoms with Crippen LogP contribution >= 0.6 is 0 Å². The predicted octanol–water partition coefficient (Wildman–Crippen LogP) is -1.33. The second-order valence-electron chi connectivity index (χ2n) is 4.53. The summed E-state index contributed by atoms with van der Waals surface area (Å²) in [6, 6.07) is 0. The maximum atomic E-state index is 10.0. The molecule has 0 unspecified atom stereocenters. The van der Waals surface area contributed by atoms with Crippen LogP contribution < -0.4 is 5.73 Å². The second-order valence-corrected chi connectivity index (χ2v) is 4.53. The van der Waals surface area contributed by atoms with E-state index in [1.165, 1.54) is 19.6 Å². The Morgan fingerprint density at radius 2 is 2.30 bits per heavy atom. The van der Waals surface area contributed by atoms with Gasteiger partial charge in [-0.1, -0.05) is 0 Å². The monoisotopic (exact) mass is 281 g/mol. The summed E-state index contributed by atoms with van der Waals surface area (Å²) >= 11 is 0. The van der Waals surface area contributed by atoms with Gasteiger partial charge in [-0.25, -0.2) is 9.97 Å². The SMILES string of the molecule is CO[C@@H]1[C@H](O)[C@@H](CO)O[C@H]1n1cnc2cnc(N)nc21. The number of rotatable bonds is 3. The molecule has 4 atom stereocenters. The van der Waals surface area contributed by atoms with Crippen molar-refractivity contribution < 1.29 is 19.7 Å². The lowest BCUT2D eigenvalue weighted by Crippen LogP contribution is -2.34. The number of nitrogen functional groups attached to an aromatic ring is 1. The van der Waals surface area contributed by atoms with E-state index in [4.69, 9.17) is 15.2 Å². The molecule has 3 heterocycles. The summed E-state index contributed by atoms with van der Waals surface area (Å²) in [7, 11) is 1.46. The van der Waals surface area contributed by atoms with Crippen LogP contribution in [0.5, 0.6) is 0 Å². The number of nitrogens with two attached hydrogens (primary N) is 1. The topological polar surface area (TPSA) is 129 Å². The number of aliphatic hydroxyl groups excluding tert-OH is 2. The van der Waals surface area contributed by atoms with Gasteiger partial charge in [0.05, 0.1) is 19.1 Å². The third-order valence-corrected chi connectivity index (χ3v) is 3.37. The molecule has 1 aliphatic heterocycles. The van der Waals surface area contributed by atoms with E-state index >= 15 is 0 Å². The zero-order valence-electron chi connectivity index (χ0n) is 10.7. The molecule has 9 nitrogen and oxygen atoms in total. The number of imidazole rings is 1. The first-order valence-electron chi connectivity index (χ1n) is 6.08. The highest BCUT2D eigenvalue weighted by atomic mass is 16.6. The van der Waals surface area contributed by atoms with Crippen molar-refractivity contribution in [1.82, 2.24) is 19.5 Å². The molecule has 2 aromatic heterocycles. The van der Waals surface area contributed by atoms with E-state index in [1.54, 1.807) is 4.57 Å². The first kappa shape index (κ1) is 13.2. The lowest BCUT2D eigenvalue weighted by atomic mass is 10.1. The first-order valence-corrected chi connectivity index (χ1v) is 6.08. The Morgan fingerprint density at radius 1 is 1.50 bits per heavy atom. The van der Waals surface area contributed by atoms with Crippen molar-refractivity contribution in [3.05, 3.63) is 12.5 Å². The maximum Gasteiger partial charge on any atom is 0.222 e. The number of anilines is 1. The van der Waals surface area contributed by atoms with Crippen LogP contribution in [0.25, 0.3) is 11.2 Å². The number of hydrogen-bond donors (Lipinski definition) is 3. The zero-order valence-corrected chi connectivity index (χ0v) is 10.7. The lowest BCUT2D eigenvalue weighted by Gasteiger charge is -2.19. The maximum absolute atomic E-state index is 10.0. The summed E-state index contributed by atoms with van der Waals surface area (Å²) < 4.78 is 12.5. The fourth-order valence-corrected chi connectivity index (χ4v) is 2.37. The number of ether oxygens (including phenoxy) is 2. The zero-order chi connectivity index (χ0) is 14.3. The van der Waals surface area contributed by atoms with Gasteiger partial charge in [0.15, 0.2) is 11.9 Å². The largest absolute Gasteiger partial charge is 0.394 e. The van der Waals surface area contributed by atoms with Crippen LogP contribution in [0.3, 0.4) is 0 Å². The highest BCUT2D eigenvalue weighted by Crippen LogP contribution is 2.32. The molecule has 1 aliphatic rings. The normalized spacial score (nSPS) is 30.1. The Bertz CT molecular complexity index is 618. The van der Waals surface area contributed by atoms with Crippen LogP contribution in [0.1, 0.15) is 6.23 Å². The van der Waals surface area contributed by atoms with Crippen LogP contribution in [0.2, 0.25) is 0 Å². The summed E-state index contributed by atoms with van der Waals surface area (Å²) in [4.78, 5) is 12.1. The third-order valence-electron chi connectivity index (χ3n) is 3.37. The van der Waals surface area contributed by atoms with Crippen molar-refractivity contribution in [2.75, 3.05) is 19.5 Å². The molecular weight excluding hydrogens is 266 g/mol. The molecule has 1 fully saturated rings. The van der Waals surface area contributed by atoms with Gasteiger partial charge in [-0.2, -0.15) is 4.98 Å². The molecule has 1 saturated heterocycles. The minimum atomic E-state index is -0.938. The average molecular weight is 281 g/mol. The van der Waals surface area contributed by atoms with Gasteiger partial charge < -0.3 is 25.4 Å². The van der Waals surface area contributed by atoms with E-state index < -0.39 is 24.5 Å². The quantitative estimate of drug-likeness (QED) is 0.631. The summed E-state index contributed by atoms with van der Waals surface area (Å²) in [5.41, 5.74) is 6.61. The van der Waals surface area contributed by atoms with Crippen LogP contribution in [-0.2, 0) is 9.47 Å². The van der Waals surface area contributed by atoms with E-state index in [-0.39, 0.29) is 12.6 Å². The number of aliphatic hydroxyl groups is 2. The van der Waals surface area contributed by atoms with Crippen LogP contribution in [0, 0.1) is 0 Å². The summed E-state index contributed by atoms with van der Waals surface area (Å²) in [5.74, 6) is 0.116. The number of nitrogens with zero attached hydrogens (tertiary/aromatic N) is 4. The molecule has 0 aliphatic carbocycles. The van der Waals surface area contributed by atoms with Gasteiger partial charge in [0.1, 0.15) is 23.8 Å². The van der Waals surface area contributed by atoms with E-state index in [0.717, 1.165) is 0 Å². The van der Waals surface area contributed by atoms with Crippen LogP contribution in [0.4, 0.5) is 5.95 Å². The number of aromatic nitrogens is 4. The Kier molecular flexibility index (Phi) is 3.26. The molecule has 2 aromatic rings. The predicted molar refractivity (Wildman–Crippen MR) is 67.5 cm³/mol. The smallest absolute Gasteiger partial charge is 0.222 e. The summed E-state index contributed by atoms with van der Waals surface area (Å²) in [5, 5.41) is 19.3. The molecule has 0 spiro atoms. The van der Waals surface area contributed by atoms with E-state index in [0.29, 0.717) is 11.2 Å². The lowest BCUT2D eigenvalue weighted by molar-refractivity contribution is -0.0583. The van der Waals surface area contributed by atoms with Gasteiger partial charge in [-0.15, -0.1) is 0 Å². The first-order chi connectivity index (χ1) is 9.65. The van der Waals surface area contributed by atoms with E-state index in [1.807, 2.05) is 0 Å². The standard InChI is InChI=1S/C11H15N5O4/c1-19-8-7(18)6(3-17)20-10(8)16-4-14-5-2-13-11(12)15-9(5)16/h2,4,6-8,10,17-18H,3H2,1H3,(H2,12,13,15)/t6-,7-,8-,10-/m1/s1. The van der Waals surface area contributed by atoms with Crippen LogP contribution in [0.15, 0.2) is 12.5 Å². The summed E-state index contributed by atoms with van der Waals surface area (Å²) in [6.07, 6.45) is 0.0766. The van der Waals surface area contributed by atoms with Crippen molar-refractivity contribution in [1.29, 1.82) is 0 Å². The highest BCUT2D eigenvalue weighted by Gasteiger charge is 2.45. The average Bonchev–Trinajstić information content (AvgIpc) is 2.98. The second kappa shape index (κ2) is 4.94. The minimum Gasteiger partial charge on any atom is -0.394 e. The fraction of sp³-hybridized carbons (Fsp3) is 0.545. The van der Waals surface area contributed by atoms with Crippen molar-refractivity contribution in [3.63, 3.8) is 0 Å². The van der Waals surface area contributed by atoms with Crippen molar-refractivity contribution >= 4 is 17.1 Å². The molecule has 3 rings (SSSR count). The third kappa shape index (κ3) is 1.91. The fourth-order valence-electron chi connectivity index (χ4n) is 2.37. The summed E-state index contributed by atoms with van der Waals surface area (Å²) in [6.45, 7) is -0.304. The Morgan fingerprint density at radius 3 is 3.00 bits per heavy atom. The Hall–Kier alpha value is -1.81. The van der Waals surface area contributed by atoms with Crippen LogP contribution in [-0.4, -0.2) is 61.8 Å². The molecule has 0 amide bonds. The molecule has 0 aromatic carbocycles.